The van der Waals surface area contributed by atoms with Crippen molar-refractivity contribution in [1.82, 2.24) is 9.97 Å². The standard InChI is InChI=1S/C16H13F3N2O.C9H7NO3/c1-9-4-3-5-11-8-22-15(21-14(9)11)12-6-7-13(16(17,18)19)20-10(12)2;1-5-3-2-4-6-7(5)8(11)13-9(12)10-6/h3-7H,8H2,1-2H3;2-4H,1H3,(H,10,12). The van der Waals surface area contributed by atoms with E-state index >= 15 is 0 Å². The number of hydrogen-bond acceptors (Lipinski definition) is 6. The molecule has 0 radical (unpaired) electrons. The highest BCUT2D eigenvalue weighted by Crippen LogP contribution is 2.32. The summed E-state index contributed by atoms with van der Waals surface area (Å²) in [6.45, 7) is 5.58. The number of benzene rings is 2. The van der Waals surface area contributed by atoms with Gasteiger partial charge in [-0.3, -0.25) is 4.98 Å². The molecular formula is C25H20F3N3O4. The molecule has 4 aromatic rings. The zero-order valence-corrected chi connectivity index (χ0v) is 19.0. The second-order valence-electron chi connectivity index (χ2n) is 7.91. The third-order valence-corrected chi connectivity index (χ3v) is 5.40. The van der Waals surface area contributed by atoms with Gasteiger partial charge in [-0.1, -0.05) is 30.3 Å². The van der Waals surface area contributed by atoms with Crippen LogP contribution in [0.2, 0.25) is 0 Å². The smallest absolute Gasteiger partial charge is 0.433 e. The Morgan fingerprint density at radius 3 is 2.37 bits per heavy atom. The molecule has 35 heavy (non-hydrogen) atoms. The van der Waals surface area contributed by atoms with Crippen LogP contribution in [0.3, 0.4) is 0 Å². The van der Waals surface area contributed by atoms with Gasteiger partial charge in [0, 0.05) is 5.56 Å². The summed E-state index contributed by atoms with van der Waals surface area (Å²) in [6, 6.07) is 13.3. The van der Waals surface area contributed by atoms with Crippen LogP contribution in [-0.2, 0) is 17.5 Å². The minimum atomic E-state index is -4.46. The molecule has 1 aliphatic heterocycles. The van der Waals surface area contributed by atoms with Crippen LogP contribution < -0.4 is 11.4 Å². The number of H-pyrrole nitrogens is 1. The van der Waals surface area contributed by atoms with Crippen LogP contribution in [0.4, 0.5) is 18.9 Å². The Morgan fingerprint density at radius 1 is 0.943 bits per heavy atom. The van der Waals surface area contributed by atoms with E-state index in [0.29, 0.717) is 29.0 Å². The van der Waals surface area contributed by atoms with Crippen molar-refractivity contribution in [3.05, 3.63) is 103 Å². The van der Waals surface area contributed by atoms with Gasteiger partial charge in [0.25, 0.3) is 0 Å². The minimum absolute atomic E-state index is 0.241. The fourth-order valence-corrected chi connectivity index (χ4v) is 3.67. The third-order valence-electron chi connectivity index (χ3n) is 5.40. The van der Waals surface area contributed by atoms with E-state index < -0.39 is 23.3 Å². The molecule has 2 aromatic heterocycles. The van der Waals surface area contributed by atoms with Crippen LogP contribution in [0.15, 0.2) is 67.5 Å². The molecule has 10 heteroatoms. The molecule has 0 spiro atoms. The number of aromatic amines is 1. The lowest BCUT2D eigenvalue weighted by Crippen LogP contribution is -2.16. The molecule has 5 rings (SSSR count). The first-order valence-corrected chi connectivity index (χ1v) is 10.5. The SMILES string of the molecule is Cc1cccc2[nH]c(=O)oc(=O)c12.Cc1cccc2c1N=C(c1ccc(C(F)(F)F)nc1C)OC2. The Hall–Kier alpha value is -4.21. The normalized spacial score (nSPS) is 12.8. The lowest BCUT2D eigenvalue weighted by Gasteiger charge is -2.19. The van der Waals surface area contributed by atoms with Gasteiger partial charge >= 0.3 is 17.6 Å². The van der Waals surface area contributed by atoms with Gasteiger partial charge in [-0.25, -0.2) is 19.6 Å². The van der Waals surface area contributed by atoms with Crippen LogP contribution in [-0.4, -0.2) is 15.9 Å². The topological polar surface area (TPSA) is 97.6 Å². The van der Waals surface area contributed by atoms with E-state index in [2.05, 4.69) is 19.4 Å². The number of aromatic nitrogens is 2. The Kier molecular flexibility index (Phi) is 6.29. The number of halogens is 3. The monoisotopic (exact) mass is 483 g/mol. The van der Waals surface area contributed by atoms with Crippen LogP contribution >= 0.6 is 0 Å². The van der Waals surface area contributed by atoms with Gasteiger partial charge in [-0.2, -0.15) is 13.2 Å². The first kappa shape index (κ1) is 23.9. The molecule has 0 fully saturated rings. The predicted octanol–water partition coefficient (Wildman–Crippen LogP) is 5.12. The van der Waals surface area contributed by atoms with Crippen molar-refractivity contribution in [2.75, 3.05) is 0 Å². The number of alkyl halides is 3. The zero-order valence-electron chi connectivity index (χ0n) is 19.0. The fraction of sp³-hybridized carbons (Fsp3) is 0.200. The Labute approximate surface area is 196 Å². The summed E-state index contributed by atoms with van der Waals surface area (Å²) in [4.78, 5) is 32.5. The number of fused-ring (bicyclic) bond motifs is 2. The molecule has 180 valence electrons. The molecule has 0 saturated carbocycles. The first-order valence-electron chi connectivity index (χ1n) is 10.5. The van der Waals surface area contributed by atoms with Crippen molar-refractivity contribution in [3.8, 4) is 0 Å². The number of aliphatic imine (C=N–C) groups is 1. The van der Waals surface area contributed by atoms with E-state index in [-0.39, 0.29) is 5.69 Å². The molecule has 0 bridgehead atoms. The van der Waals surface area contributed by atoms with E-state index in [4.69, 9.17) is 4.74 Å². The molecule has 0 saturated heterocycles. The molecular weight excluding hydrogens is 463 g/mol. The minimum Gasteiger partial charge on any atom is -0.472 e. The molecule has 0 amide bonds. The van der Waals surface area contributed by atoms with E-state index in [0.717, 1.165) is 28.4 Å². The Morgan fingerprint density at radius 2 is 1.66 bits per heavy atom. The molecule has 3 heterocycles. The van der Waals surface area contributed by atoms with E-state index in [1.54, 1.807) is 25.1 Å². The van der Waals surface area contributed by atoms with E-state index in [1.807, 2.05) is 25.1 Å². The first-order chi connectivity index (χ1) is 16.5. The summed E-state index contributed by atoms with van der Waals surface area (Å²) in [5.41, 5.74) is 3.29. The summed E-state index contributed by atoms with van der Waals surface area (Å²) in [5, 5.41) is 0.433. The molecule has 0 aliphatic carbocycles. The second-order valence-corrected chi connectivity index (χ2v) is 7.91. The lowest BCUT2D eigenvalue weighted by molar-refractivity contribution is -0.141. The Bertz CT molecular complexity index is 1570. The molecule has 2 aromatic carbocycles. The van der Waals surface area contributed by atoms with Gasteiger partial charge in [-0.15, -0.1) is 0 Å². The lowest BCUT2D eigenvalue weighted by atomic mass is 10.1. The number of para-hydroxylation sites is 1. The zero-order chi connectivity index (χ0) is 25.3. The molecule has 1 N–H and O–H groups in total. The highest BCUT2D eigenvalue weighted by atomic mass is 19.4. The summed E-state index contributed by atoms with van der Waals surface area (Å²) in [7, 11) is 0. The third kappa shape index (κ3) is 5.01. The van der Waals surface area contributed by atoms with Gasteiger partial charge in [0.2, 0.25) is 5.90 Å². The van der Waals surface area contributed by atoms with Crippen LogP contribution in [0.1, 0.15) is 33.6 Å². The number of ether oxygens (including phenoxy) is 1. The van der Waals surface area contributed by atoms with Crippen molar-refractivity contribution in [3.63, 3.8) is 0 Å². The van der Waals surface area contributed by atoms with Crippen molar-refractivity contribution >= 4 is 22.5 Å². The maximum Gasteiger partial charge on any atom is 0.433 e. The number of rotatable bonds is 1. The van der Waals surface area contributed by atoms with Crippen molar-refractivity contribution < 1.29 is 22.3 Å². The van der Waals surface area contributed by atoms with Gasteiger partial charge in [0.1, 0.15) is 12.3 Å². The maximum atomic E-state index is 12.7. The van der Waals surface area contributed by atoms with Gasteiger partial charge in [-0.05, 0) is 50.1 Å². The van der Waals surface area contributed by atoms with Crippen molar-refractivity contribution in [1.29, 1.82) is 0 Å². The van der Waals surface area contributed by atoms with Gasteiger partial charge in [0.05, 0.1) is 27.8 Å². The molecule has 1 aliphatic rings. The Balaban J connectivity index is 0.000000189. The average Bonchev–Trinajstić information content (AvgIpc) is 2.79. The highest BCUT2D eigenvalue weighted by molar-refractivity contribution is 5.98. The average molecular weight is 483 g/mol. The largest absolute Gasteiger partial charge is 0.472 e. The summed E-state index contributed by atoms with van der Waals surface area (Å²) in [6.07, 6.45) is -4.46. The number of aryl methyl sites for hydroxylation is 3. The summed E-state index contributed by atoms with van der Waals surface area (Å²) in [5.74, 6) is -0.413. The van der Waals surface area contributed by atoms with Gasteiger partial charge in [0.15, 0.2) is 0 Å². The number of nitrogens with one attached hydrogen (secondary N) is 1. The van der Waals surface area contributed by atoms with Crippen LogP contribution in [0.25, 0.3) is 10.9 Å². The van der Waals surface area contributed by atoms with Crippen LogP contribution in [0, 0.1) is 20.8 Å². The summed E-state index contributed by atoms with van der Waals surface area (Å²) < 4.78 is 48.0. The summed E-state index contributed by atoms with van der Waals surface area (Å²) >= 11 is 0. The second kappa shape index (κ2) is 9.21. The molecule has 0 unspecified atom stereocenters. The van der Waals surface area contributed by atoms with Gasteiger partial charge < -0.3 is 9.15 Å². The highest BCUT2D eigenvalue weighted by Gasteiger charge is 2.33. The van der Waals surface area contributed by atoms with E-state index in [1.165, 1.54) is 13.0 Å². The van der Waals surface area contributed by atoms with Crippen molar-refractivity contribution in [2.24, 2.45) is 4.99 Å². The number of hydrogen-bond donors (Lipinski definition) is 1. The predicted molar refractivity (Wildman–Crippen MR) is 124 cm³/mol. The van der Waals surface area contributed by atoms with Crippen molar-refractivity contribution in [2.45, 2.75) is 33.6 Å². The number of nitrogens with zero attached hydrogens (tertiary/aromatic N) is 2. The maximum absolute atomic E-state index is 12.7. The fourth-order valence-electron chi connectivity index (χ4n) is 3.67. The number of pyridine rings is 1. The molecule has 7 nitrogen and oxygen atoms in total. The van der Waals surface area contributed by atoms with Crippen LogP contribution in [0.5, 0.6) is 0 Å². The quantitative estimate of drug-likeness (QED) is 0.406. The molecule has 0 atom stereocenters. The van der Waals surface area contributed by atoms with E-state index in [9.17, 15) is 22.8 Å².